The Morgan fingerprint density at radius 1 is 0.857 bits per heavy atom. The number of nitrogens with zero attached hydrogens (tertiary/aromatic N) is 2. The van der Waals surface area contributed by atoms with Crippen LogP contribution in [0.1, 0.15) is 0 Å². The fraction of sp³-hybridized carbons (Fsp3) is 0.900. The van der Waals surface area contributed by atoms with Gasteiger partial charge in [0.15, 0.2) is 0 Å². The summed E-state index contributed by atoms with van der Waals surface area (Å²) in [4.78, 5) is 4.79. The first-order valence-electron chi connectivity index (χ1n) is 5.40. The molecule has 4 nitrogen and oxygen atoms in total. The van der Waals surface area contributed by atoms with E-state index >= 15 is 0 Å². The van der Waals surface area contributed by atoms with Crippen molar-refractivity contribution in [3.05, 3.63) is 6.54 Å². The van der Waals surface area contributed by atoms with E-state index in [-0.39, 0.29) is 0 Å². The maximum Gasteiger partial charge on any atom is 0.0594 e. The molecule has 14 heavy (non-hydrogen) atoms. The molecule has 0 spiro atoms. The lowest BCUT2D eigenvalue weighted by Crippen LogP contribution is -2.41. The molecule has 1 radical (unpaired) electrons. The van der Waals surface area contributed by atoms with Crippen molar-refractivity contribution in [2.45, 2.75) is 0 Å². The maximum absolute atomic E-state index is 5.30. The van der Waals surface area contributed by atoms with Crippen molar-refractivity contribution in [2.24, 2.45) is 0 Å². The van der Waals surface area contributed by atoms with Crippen molar-refractivity contribution in [3.8, 4) is 0 Å². The van der Waals surface area contributed by atoms with E-state index in [9.17, 15) is 0 Å². The first-order chi connectivity index (χ1) is 6.95. The van der Waals surface area contributed by atoms with E-state index in [1.807, 2.05) is 0 Å². The molecule has 81 valence electrons. The Morgan fingerprint density at radius 2 is 1.43 bits per heavy atom. The number of ether oxygens (including phenoxy) is 2. The molecule has 0 saturated carbocycles. The van der Waals surface area contributed by atoms with Crippen LogP contribution in [-0.2, 0) is 9.47 Å². The molecule has 2 saturated heterocycles. The highest BCUT2D eigenvalue weighted by molar-refractivity contribution is 4.76. The maximum atomic E-state index is 5.30. The molecule has 0 aliphatic carbocycles. The van der Waals surface area contributed by atoms with Gasteiger partial charge < -0.3 is 9.47 Å². The third-order valence-electron chi connectivity index (χ3n) is 2.75. The van der Waals surface area contributed by atoms with Gasteiger partial charge in [0, 0.05) is 39.3 Å². The molecular formula is C10H19N2O2. The van der Waals surface area contributed by atoms with Crippen LogP contribution in [0, 0.1) is 6.54 Å². The molecule has 0 aromatic carbocycles. The smallest absolute Gasteiger partial charge is 0.0594 e. The summed E-state index contributed by atoms with van der Waals surface area (Å²) < 4.78 is 10.6. The van der Waals surface area contributed by atoms with Crippen LogP contribution in [0.4, 0.5) is 0 Å². The Labute approximate surface area is 85.8 Å². The van der Waals surface area contributed by atoms with Gasteiger partial charge in [-0.05, 0) is 0 Å². The monoisotopic (exact) mass is 199 g/mol. The lowest BCUT2D eigenvalue weighted by atomic mass is 10.3. The molecule has 4 heteroatoms. The fourth-order valence-corrected chi connectivity index (χ4v) is 1.77. The van der Waals surface area contributed by atoms with E-state index in [1.165, 1.54) is 0 Å². The van der Waals surface area contributed by atoms with Crippen LogP contribution < -0.4 is 0 Å². The average molecular weight is 199 g/mol. The predicted octanol–water partition coefficient (Wildman–Crippen LogP) is -0.187. The van der Waals surface area contributed by atoms with Crippen molar-refractivity contribution in [1.29, 1.82) is 0 Å². The lowest BCUT2D eigenvalue weighted by Gasteiger charge is -2.31. The average Bonchev–Trinajstić information content (AvgIpc) is 2.29. The minimum atomic E-state index is 0.875. The highest BCUT2D eigenvalue weighted by Gasteiger charge is 2.14. The van der Waals surface area contributed by atoms with E-state index in [0.29, 0.717) is 0 Å². The number of morpholine rings is 2. The highest BCUT2D eigenvalue weighted by Crippen LogP contribution is 2.03. The third kappa shape index (κ3) is 3.20. The summed E-state index contributed by atoms with van der Waals surface area (Å²) in [7, 11) is 0. The largest absolute Gasteiger partial charge is 0.379 e. The summed E-state index contributed by atoms with van der Waals surface area (Å²) in [6, 6.07) is 0. The van der Waals surface area contributed by atoms with Gasteiger partial charge in [0.1, 0.15) is 0 Å². The van der Waals surface area contributed by atoms with Gasteiger partial charge in [-0.15, -0.1) is 0 Å². The first-order valence-corrected chi connectivity index (χ1v) is 5.40. The molecule has 0 atom stereocenters. The van der Waals surface area contributed by atoms with Crippen LogP contribution in [0.25, 0.3) is 0 Å². The van der Waals surface area contributed by atoms with Crippen LogP contribution in [0.2, 0.25) is 0 Å². The molecule has 2 aliphatic heterocycles. The summed E-state index contributed by atoms with van der Waals surface area (Å²) in [5, 5.41) is 0. The van der Waals surface area contributed by atoms with E-state index in [0.717, 1.165) is 59.2 Å². The fourth-order valence-electron chi connectivity index (χ4n) is 1.77. The minimum Gasteiger partial charge on any atom is -0.379 e. The van der Waals surface area contributed by atoms with Gasteiger partial charge in [0.05, 0.1) is 26.4 Å². The standard InChI is InChI=1S/C10H19N2O2/c1(11-3-7-13-8-4-11)2-12-5-9-14-10-6-12/h1H,2-10H2. The first kappa shape index (κ1) is 10.4. The summed E-state index contributed by atoms with van der Waals surface area (Å²) in [6.07, 6.45) is 0. The van der Waals surface area contributed by atoms with Gasteiger partial charge in [0.2, 0.25) is 0 Å². The predicted molar refractivity (Wildman–Crippen MR) is 54.0 cm³/mol. The summed E-state index contributed by atoms with van der Waals surface area (Å²) in [5.74, 6) is 0. The Balaban J connectivity index is 1.60. The van der Waals surface area contributed by atoms with Crippen LogP contribution in [0.15, 0.2) is 0 Å². The zero-order chi connectivity index (χ0) is 9.64. The second-order valence-electron chi connectivity index (χ2n) is 3.74. The minimum absolute atomic E-state index is 0.875. The Morgan fingerprint density at radius 3 is 2.07 bits per heavy atom. The Hall–Kier alpha value is -0.160. The van der Waals surface area contributed by atoms with Gasteiger partial charge in [-0.25, -0.2) is 0 Å². The third-order valence-corrected chi connectivity index (χ3v) is 2.75. The van der Waals surface area contributed by atoms with E-state index < -0.39 is 0 Å². The van der Waals surface area contributed by atoms with Gasteiger partial charge in [0.25, 0.3) is 0 Å². The number of hydrogen-bond donors (Lipinski definition) is 0. The van der Waals surface area contributed by atoms with E-state index in [4.69, 9.17) is 9.47 Å². The quantitative estimate of drug-likeness (QED) is 0.629. The van der Waals surface area contributed by atoms with Gasteiger partial charge in [-0.2, -0.15) is 0 Å². The van der Waals surface area contributed by atoms with Crippen molar-refractivity contribution in [1.82, 2.24) is 9.80 Å². The van der Waals surface area contributed by atoms with Crippen LogP contribution >= 0.6 is 0 Å². The van der Waals surface area contributed by atoms with Crippen molar-refractivity contribution >= 4 is 0 Å². The van der Waals surface area contributed by atoms with Gasteiger partial charge in [-0.1, -0.05) is 0 Å². The number of rotatable bonds is 3. The van der Waals surface area contributed by atoms with Crippen LogP contribution in [0.3, 0.4) is 0 Å². The summed E-state index contributed by atoms with van der Waals surface area (Å²) in [6.45, 7) is 11.1. The van der Waals surface area contributed by atoms with Crippen LogP contribution in [-0.4, -0.2) is 69.0 Å². The van der Waals surface area contributed by atoms with Crippen molar-refractivity contribution in [2.75, 3.05) is 59.2 Å². The molecule has 0 aromatic rings. The van der Waals surface area contributed by atoms with Crippen molar-refractivity contribution in [3.63, 3.8) is 0 Å². The lowest BCUT2D eigenvalue weighted by molar-refractivity contribution is 0.0259. The van der Waals surface area contributed by atoms with E-state index in [2.05, 4.69) is 16.3 Å². The Kier molecular flexibility index (Phi) is 4.19. The van der Waals surface area contributed by atoms with E-state index in [1.54, 1.807) is 0 Å². The van der Waals surface area contributed by atoms with Crippen LogP contribution in [0.5, 0.6) is 0 Å². The molecule has 0 amide bonds. The molecule has 2 heterocycles. The molecule has 2 fully saturated rings. The Bertz CT molecular complexity index is 136. The summed E-state index contributed by atoms with van der Waals surface area (Å²) >= 11 is 0. The summed E-state index contributed by atoms with van der Waals surface area (Å²) in [5.41, 5.74) is 0. The molecule has 0 aromatic heterocycles. The highest BCUT2D eigenvalue weighted by atomic mass is 16.5. The molecule has 2 aliphatic rings. The zero-order valence-corrected chi connectivity index (χ0v) is 8.65. The SMILES string of the molecule is [CH](CN1CCOCC1)N1CCOCC1. The number of hydrogen-bond acceptors (Lipinski definition) is 4. The normalized spacial score (nSPS) is 26.6. The zero-order valence-electron chi connectivity index (χ0n) is 8.65. The van der Waals surface area contributed by atoms with Gasteiger partial charge >= 0.3 is 0 Å². The van der Waals surface area contributed by atoms with Gasteiger partial charge in [-0.3, -0.25) is 9.80 Å². The molecule has 2 rings (SSSR count). The second-order valence-corrected chi connectivity index (χ2v) is 3.74. The second kappa shape index (κ2) is 5.66. The molecular weight excluding hydrogens is 180 g/mol. The molecule has 0 bridgehead atoms. The molecule has 0 unspecified atom stereocenters. The molecule has 0 N–H and O–H groups in total. The topological polar surface area (TPSA) is 24.9 Å². The van der Waals surface area contributed by atoms with Crippen molar-refractivity contribution < 1.29 is 9.47 Å².